The Morgan fingerprint density at radius 3 is 2.85 bits per heavy atom. The van der Waals surface area contributed by atoms with Gasteiger partial charge >= 0.3 is 0 Å². The third-order valence-corrected chi connectivity index (χ3v) is 7.28. The Morgan fingerprint density at radius 2 is 2.07 bits per heavy atom. The second-order valence-electron chi connectivity index (χ2n) is 7.44. The molecule has 1 aromatic rings. The van der Waals surface area contributed by atoms with E-state index in [1.807, 2.05) is 6.92 Å². The standard InChI is InChI=1S/C18H31N3O5S/c1-2-12-27(22,23)21-8-3-4-16(13-21)18-19-17(20-26-18)7-11-25-14-15-5-9-24-10-6-15/h15-16H,2-14H2,1H3. The van der Waals surface area contributed by atoms with E-state index in [1.165, 1.54) is 0 Å². The molecule has 2 aliphatic heterocycles. The van der Waals surface area contributed by atoms with Crippen molar-refractivity contribution < 1.29 is 22.4 Å². The van der Waals surface area contributed by atoms with E-state index >= 15 is 0 Å². The van der Waals surface area contributed by atoms with Gasteiger partial charge in [-0.05, 0) is 38.0 Å². The number of piperidine rings is 1. The van der Waals surface area contributed by atoms with Crippen molar-refractivity contribution in [2.75, 3.05) is 45.3 Å². The molecule has 2 fully saturated rings. The van der Waals surface area contributed by atoms with Crippen molar-refractivity contribution in [1.29, 1.82) is 0 Å². The minimum Gasteiger partial charge on any atom is -0.381 e. The summed E-state index contributed by atoms with van der Waals surface area (Å²) < 4.78 is 42.7. The third-order valence-electron chi connectivity index (χ3n) is 5.24. The molecule has 0 aromatic carbocycles. The van der Waals surface area contributed by atoms with Crippen LogP contribution in [0.3, 0.4) is 0 Å². The van der Waals surface area contributed by atoms with Crippen LogP contribution < -0.4 is 0 Å². The fraction of sp³-hybridized carbons (Fsp3) is 0.889. The first kappa shape index (κ1) is 20.7. The highest BCUT2D eigenvalue weighted by Crippen LogP contribution is 2.27. The Bertz CT molecular complexity index is 672. The Labute approximate surface area is 161 Å². The summed E-state index contributed by atoms with van der Waals surface area (Å²) in [5.41, 5.74) is 0. The Kier molecular flexibility index (Phi) is 7.63. The zero-order chi connectivity index (χ0) is 19.1. The average Bonchev–Trinajstić information content (AvgIpc) is 3.15. The van der Waals surface area contributed by atoms with Gasteiger partial charge in [0.25, 0.3) is 0 Å². The predicted octanol–water partition coefficient (Wildman–Crippen LogP) is 1.97. The molecule has 2 aliphatic rings. The summed E-state index contributed by atoms with van der Waals surface area (Å²) in [5, 5.41) is 4.05. The van der Waals surface area contributed by atoms with E-state index in [-0.39, 0.29) is 11.7 Å². The summed E-state index contributed by atoms with van der Waals surface area (Å²) in [6.07, 6.45) is 5.05. The molecule has 0 radical (unpaired) electrons. The van der Waals surface area contributed by atoms with Crippen molar-refractivity contribution in [2.45, 2.75) is 51.4 Å². The lowest BCUT2D eigenvalue weighted by Crippen LogP contribution is -2.40. The number of hydrogen-bond donors (Lipinski definition) is 0. The summed E-state index contributed by atoms with van der Waals surface area (Å²) in [7, 11) is -3.18. The fourth-order valence-electron chi connectivity index (χ4n) is 3.65. The van der Waals surface area contributed by atoms with Gasteiger partial charge in [0.1, 0.15) is 0 Å². The van der Waals surface area contributed by atoms with Crippen molar-refractivity contribution in [3.05, 3.63) is 11.7 Å². The molecule has 1 atom stereocenters. The van der Waals surface area contributed by atoms with Crippen LogP contribution in [0, 0.1) is 5.92 Å². The first-order chi connectivity index (χ1) is 13.1. The number of sulfonamides is 1. The predicted molar refractivity (Wildman–Crippen MR) is 100.0 cm³/mol. The van der Waals surface area contributed by atoms with Crippen LogP contribution in [0.25, 0.3) is 0 Å². The highest BCUT2D eigenvalue weighted by molar-refractivity contribution is 7.89. The molecule has 0 bridgehead atoms. The monoisotopic (exact) mass is 401 g/mol. The normalized spacial score (nSPS) is 22.9. The maximum atomic E-state index is 12.3. The van der Waals surface area contributed by atoms with Gasteiger partial charge in [-0.3, -0.25) is 0 Å². The summed E-state index contributed by atoms with van der Waals surface area (Å²) in [6, 6.07) is 0. The highest BCUT2D eigenvalue weighted by Gasteiger charge is 2.31. The van der Waals surface area contributed by atoms with Gasteiger partial charge in [-0.15, -0.1) is 0 Å². The van der Waals surface area contributed by atoms with Crippen LogP contribution in [0.1, 0.15) is 56.7 Å². The van der Waals surface area contributed by atoms with E-state index in [2.05, 4.69) is 10.1 Å². The molecular formula is C18H31N3O5S. The van der Waals surface area contributed by atoms with Crippen molar-refractivity contribution in [1.82, 2.24) is 14.4 Å². The smallest absolute Gasteiger partial charge is 0.231 e. The van der Waals surface area contributed by atoms with Gasteiger partial charge in [-0.1, -0.05) is 12.1 Å². The summed E-state index contributed by atoms with van der Waals surface area (Å²) in [5.74, 6) is 1.93. The van der Waals surface area contributed by atoms with E-state index in [9.17, 15) is 8.42 Å². The van der Waals surface area contributed by atoms with Gasteiger partial charge in [0.2, 0.25) is 15.9 Å². The van der Waals surface area contributed by atoms with Crippen LogP contribution in [0.2, 0.25) is 0 Å². The van der Waals surface area contributed by atoms with Crippen molar-refractivity contribution in [3.63, 3.8) is 0 Å². The van der Waals surface area contributed by atoms with Gasteiger partial charge in [0, 0.05) is 39.3 Å². The van der Waals surface area contributed by atoms with Crippen molar-refractivity contribution in [3.8, 4) is 0 Å². The molecule has 154 valence electrons. The van der Waals surface area contributed by atoms with Crippen LogP contribution in [0.4, 0.5) is 0 Å². The quantitative estimate of drug-likeness (QED) is 0.584. The van der Waals surface area contributed by atoms with E-state index in [1.54, 1.807) is 4.31 Å². The topological polar surface area (TPSA) is 94.8 Å². The Balaban J connectivity index is 1.45. The largest absolute Gasteiger partial charge is 0.381 e. The van der Waals surface area contributed by atoms with E-state index in [4.69, 9.17) is 14.0 Å². The summed E-state index contributed by atoms with van der Waals surface area (Å²) in [4.78, 5) is 4.48. The summed E-state index contributed by atoms with van der Waals surface area (Å²) in [6.45, 7) is 5.87. The third kappa shape index (κ3) is 5.97. The van der Waals surface area contributed by atoms with Crippen molar-refractivity contribution >= 4 is 10.0 Å². The van der Waals surface area contributed by atoms with Gasteiger partial charge in [0.15, 0.2) is 5.82 Å². The van der Waals surface area contributed by atoms with E-state index < -0.39 is 10.0 Å². The SMILES string of the molecule is CCCS(=O)(=O)N1CCCC(c2nc(CCOCC3CCOCC3)no2)C1. The van der Waals surface area contributed by atoms with Gasteiger partial charge in [-0.25, -0.2) is 12.7 Å². The molecule has 0 N–H and O–H groups in total. The molecule has 0 amide bonds. The molecule has 9 heteroatoms. The first-order valence-corrected chi connectivity index (χ1v) is 11.6. The van der Waals surface area contributed by atoms with Gasteiger partial charge in [-0.2, -0.15) is 4.98 Å². The maximum Gasteiger partial charge on any atom is 0.231 e. The number of nitrogens with zero attached hydrogens (tertiary/aromatic N) is 3. The lowest BCUT2D eigenvalue weighted by atomic mass is 10.00. The Morgan fingerprint density at radius 1 is 1.26 bits per heavy atom. The average molecular weight is 402 g/mol. The molecular weight excluding hydrogens is 370 g/mol. The Hall–Kier alpha value is -1.03. The van der Waals surface area contributed by atoms with Gasteiger partial charge < -0.3 is 14.0 Å². The van der Waals surface area contributed by atoms with Crippen LogP contribution in [0.15, 0.2) is 4.52 Å². The van der Waals surface area contributed by atoms with Crippen LogP contribution in [-0.4, -0.2) is 68.1 Å². The van der Waals surface area contributed by atoms with Crippen LogP contribution in [-0.2, 0) is 25.9 Å². The minimum atomic E-state index is -3.18. The fourth-order valence-corrected chi connectivity index (χ4v) is 5.23. The first-order valence-electron chi connectivity index (χ1n) is 10.0. The number of rotatable bonds is 9. The minimum absolute atomic E-state index is 0.0187. The number of ether oxygens (including phenoxy) is 2. The molecule has 3 heterocycles. The molecule has 3 rings (SSSR count). The zero-order valence-corrected chi connectivity index (χ0v) is 17.0. The molecule has 1 aromatic heterocycles. The number of hydrogen-bond acceptors (Lipinski definition) is 7. The van der Waals surface area contributed by atoms with Crippen molar-refractivity contribution in [2.24, 2.45) is 5.92 Å². The van der Waals surface area contributed by atoms with E-state index in [0.29, 0.717) is 50.2 Å². The van der Waals surface area contributed by atoms with Gasteiger partial charge in [0.05, 0.1) is 18.3 Å². The second kappa shape index (κ2) is 9.95. The molecule has 8 nitrogen and oxygen atoms in total. The lowest BCUT2D eigenvalue weighted by Gasteiger charge is -2.30. The molecule has 0 saturated carbocycles. The summed E-state index contributed by atoms with van der Waals surface area (Å²) >= 11 is 0. The molecule has 2 saturated heterocycles. The zero-order valence-electron chi connectivity index (χ0n) is 16.1. The lowest BCUT2D eigenvalue weighted by molar-refractivity contribution is 0.0211. The second-order valence-corrected chi connectivity index (χ2v) is 9.53. The molecule has 1 unspecified atom stereocenters. The van der Waals surface area contributed by atoms with E-state index in [0.717, 1.165) is 45.5 Å². The molecule has 0 aliphatic carbocycles. The highest BCUT2D eigenvalue weighted by atomic mass is 32.2. The maximum absolute atomic E-state index is 12.3. The molecule has 27 heavy (non-hydrogen) atoms. The van der Waals surface area contributed by atoms with Crippen LogP contribution in [0.5, 0.6) is 0 Å². The van der Waals surface area contributed by atoms with Crippen LogP contribution >= 0.6 is 0 Å². The molecule has 0 spiro atoms. The number of aromatic nitrogens is 2.